The second-order valence-electron chi connectivity index (χ2n) is 15.3. The summed E-state index contributed by atoms with van der Waals surface area (Å²) in [7, 11) is -2.41. The summed E-state index contributed by atoms with van der Waals surface area (Å²) >= 11 is 0. The van der Waals surface area contributed by atoms with Gasteiger partial charge in [0.05, 0.1) is 30.3 Å². The molecular weight excluding hydrogens is 648 g/mol. The van der Waals surface area contributed by atoms with Crippen LogP contribution in [0.15, 0.2) is 41.5 Å². The Morgan fingerprint density at radius 3 is 2.08 bits per heavy atom. The van der Waals surface area contributed by atoms with Crippen LogP contribution in [-0.2, 0) is 33.0 Å². The first-order chi connectivity index (χ1) is 22.9. The molecule has 0 aromatic heterocycles. The van der Waals surface area contributed by atoms with E-state index < -0.39 is 90.8 Å². The van der Waals surface area contributed by atoms with Crippen molar-refractivity contribution in [1.29, 1.82) is 0 Å². The van der Waals surface area contributed by atoms with E-state index in [4.69, 9.17) is 23.4 Å². The number of rotatable bonds is 9. The highest BCUT2D eigenvalue weighted by molar-refractivity contribution is 6.73. The quantitative estimate of drug-likeness (QED) is 0.144. The predicted molar refractivity (Wildman–Crippen MR) is 182 cm³/mol. The molecule has 0 radical (unpaired) electrons. The highest BCUT2D eigenvalue weighted by Gasteiger charge is 2.78. The number of esters is 3. The molecule has 10 atom stereocenters. The van der Waals surface area contributed by atoms with E-state index in [1.54, 1.807) is 58.0 Å². The molecule has 1 aromatic rings. The van der Waals surface area contributed by atoms with Crippen molar-refractivity contribution >= 4 is 26.2 Å². The summed E-state index contributed by atoms with van der Waals surface area (Å²) in [5, 5.41) is 38.5. The highest BCUT2D eigenvalue weighted by Crippen LogP contribution is 2.65. The maximum atomic E-state index is 14.1. The Kier molecular flexibility index (Phi) is 10.1. The number of carbonyl (C=O) groups excluding carboxylic acids is 3. The van der Waals surface area contributed by atoms with Gasteiger partial charge in [-0.1, -0.05) is 59.7 Å². The van der Waals surface area contributed by atoms with Gasteiger partial charge in [0.1, 0.15) is 30.0 Å². The first-order valence-corrected chi connectivity index (χ1v) is 20.1. The van der Waals surface area contributed by atoms with Crippen molar-refractivity contribution < 1.29 is 53.1 Å². The Morgan fingerprint density at radius 1 is 0.959 bits per heavy atom. The van der Waals surface area contributed by atoms with Gasteiger partial charge in [-0.15, -0.1) is 0 Å². The fraction of sp³-hybridized carbons (Fsp3) is 0.703. The zero-order valence-corrected chi connectivity index (χ0v) is 31.3. The zero-order valence-electron chi connectivity index (χ0n) is 30.3. The Balaban J connectivity index is 1.85. The molecule has 1 aliphatic heterocycles. The zero-order chi connectivity index (χ0) is 36.3. The molecular formula is C37H54O11Si. The third-order valence-electron chi connectivity index (χ3n) is 12.7. The molecule has 11 nitrogen and oxygen atoms in total. The summed E-state index contributed by atoms with van der Waals surface area (Å²) in [6.07, 6.45) is -7.00. The van der Waals surface area contributed by atoms with Crippen LogP contribution in [0.1, 0.15) is 85.5 Å². The predicted octanol–water partition coefficient (Wildman–Crippen LogP) is 4.47. The first kappa shape index (κ1) is 37.6. The van der Waals surface area contributed by atoms with E-state index in [0.29, 0.717) is 5.57 Å². The van der Waals surface area contributed by atoms with Crippen molar-refractivity contribution in [3.8, 4) is 0 Å². The summed E-state index contributed by atoms with van der Waals surface area (Å²) in [5.74, 6) is -3.08. The van der Waals surface area contributed by atoms with Gasteiger partial charge < -0.3 is 38.7 Å². The fourth-order valence-corrected chi connectivity index (χ4v) is 12.6. The van der Waals surface area contributed by atoms with Gasteiger partial charge in [0.15, 0.2) is 13.9 Å². The standard InChI is InChI=1S/C37H54O11Si/c1-10-49(11-2,12-3)48-26-18-27-36(20-44-27,47-23(6)39)30-32(46-33(42)24-16-14-13-15-17-24)37(43)19-25(45-22(5)38)21(4)28(34(37,7)8)29(40)31(41)35(26,30)9/h13-17,25-27,29-32,40-41,43H,10-12,18-20H2,1-9H3/t25?,26?,27?,29?,30?,31?,32?,35-,36?,37?/m1/s1. The molecule has 0 amide bonds. The number of fused-ring (bicyclic) bond motifs is 5. The molecule has 3 aliphatic carbocycles. The molecule has 2 bridgehead atoms. The minimum atomic E-state index is -2.41. The topological polar surface area (TPSA) is 158 Å². The molecule has 3 fully saturated rings. The van der Waals surface area contributed by atoms with Crippen LogP contribution in [0.2, 0.25) is 18.1 Å². The molecule has 1 aromatic carbocycles. The van der Waals surface area contributed by atoms with E-state index in [2.05, 4.69) is 20.8 Å². The SMILES string of the molecule is CC[Si](CC)(CC)OC1CC2OCC2(OC(C)=O)C2C(OC(=O)c3ccccc3)C3(O)CC(OC(C)=O)C(C)=C(C(O)C(O)[C@]12C)C3(C)C. The summed E-state index contributed by atoms with van der Waals surface area (Å²) in [5.41, 5.74) is -5.28. The van der Waals surface area contributed by atoms with Crippen LogP contribution < -0.4 is 0 Å². The third kappa shape index (κ3) is 5.70. The summed E-state index contributed by atoms with van der Waals surface area (Å²) in [4.78, 5) is 39.5. The van der Waals surface area contributed by atoms with Gasteiger partial charge in [0.2, 0.25) is 0 Å². The van der Waals surface area contributed by atoms with Gasteiger partial charge >= 0.3 is 17.9 Å². The van der Waals surface area contributed by atoms with E-state index in [1.165, 1.54) is 13.8 Å². The van der Waals surface area contributed by atoms with Gasteiger partial charge in [0.25, 0.3) is 0 Å². The van der Waals surface area contributed by atoms with Crippen molar-refractivity contribution in [1.82, 2.24) is 0 Å². The number of carbonyl (C=O) groups is 3. The number of benzene rings is 1. The van der Waals surface area contributed by atoms with Crippen molar-refractivity contribution in [2.75, 3.05) is 6.61 Å². The summed E-state index contributed by atoms with van der Waals surface area (Å²) < 4.78 is 31.8. The molecule has 1 heterocycles. The maximum absolute atomic E-state index is 14.1. The largest absolute Gasteiger partial charge is 0.458 e. The average Bonchev–Trinajstić information content (AvgIpc) is 3.04. The van der Waals surface area contributed by atoms with Crippen molar-refractivity contribution in [2.24, 2.45) is 16.7 Å². The van der Waals surface area contributed by atoms with Crippen LogP contribution in [0.3, 0.4) is 0 Å². The van der Waals surface area contributed by atoms with E-state index in [-0.39, 0.29) is 30.6 Å². The van der Waals surface area contributed by atoms with E-state index in [9.17, 15) is 29.7 Å². The van der Waals surface area contributed by atoms with Crippen LogP contribution in [0.4, 0.5) is 0 Å². The second-order valence-corrected chi connectivity index (χ2v) is 20.0. The lowest BCUT2D eigenvalue weighted by Gasteiger charge is -2.69. The van der Waals surface area contributed by atoms with Crippen LogP contribution in [-0.4, -0.2) is 96.0 Å². The minimum absolute atomic E-state index is 0.0874. The molecule has 9 unspecified atom stereocenters. The lowest BCUT2D eigenvalue weighted by molar-refractivity contribution is -0.363. The number of aliphatic hydroxyl groups excluding tert-OH is 2. The molecule has 2 saturated carbocycles. The third-order valence-corrected chi connectivity index (χ3v) is 17.4. The molecule has 0 spiro atoms. The number of ether oxygens (including phenoxy) is 4. The molecule has 49 heavy (non-hydrogen) atoms. The minimum Gasteiger partial charge on any atom is -0.458 e. The molecule has 1 saturated heterocycles. The number of aliphatic hydroxyl groups is 3. The number of hydrogen-bond acceptors (Lipinski definition) is 11. The lowest BCUT2D eigenvalue weighted by atomic mass is 9.44. The van der Waals surface area contributed by atoms with Crippen LogP contribution in [0, 0.1) is 16.7 Å². The van der Waals surface area contributed by atoms with Gasteiger partial charge in [-0.05, 0) is 48.3 Å². The highest BCUT2D eigenvalue weighted by atomic mass is 28.4. The second kappa shape index (κ2) is 13.2. The smallest absolute Gasteiger partial charge is 0.338 e. The Morgan fingerprint density at radius 2 is 1.57 bits per heavy atom. The Hall–Kier alpha value is -2.61. The summed E-state index contributed by atoms with van der Waals surface area (Å²) in [6.45, 7) is 15.7. The maximum Gasteiger partial charge on any atom is 0.338 e. The van der Waals surface area contributed by atoms with Crippen LogP contribution >= 0.6 is 0 Å². The first-order valence-electron chi connectivity index (χ1n) is 17.6. The van der Waals surface area contributed by atoms with Crippen molar-refractivity contribution in [3.05, 3.63) is 47.0 Å². The molecule has 3 N–H and O–H groups in total. The van der Waals surface area contributed by atoms with Gasteiger partial charge in [0, 0.05) is 37.5 Å². The van der Waals surface area contributed by atoms with Crippen molar-refractivity contribution in [3.63, 3.8) is 0 Å². The van der Waals surface area contributed by atoms with E-state index in [0.717, 1.165) is 18.1 Å². The molecule has 5 rings (SSSR count). The van der Waals surface area contributed by atoms with E-state index in [1.807, 2.05) is 0 Å². The van der Waals surface area contributed by atoms with E-state index >= 15 is 0 Å². The van der Waals surface area contributed by atoms with Gasteiger partial charge in [-0.25, -0.2) is 4.79 Å². The molecule has 4 aliphatic rings. The number of hydrogen-bond donors (Lipinski definition) is 3. The summed E-state index contributed by atoms with van der Waals surface area (Å²) in [6, 6.07) is 10.8. The Bertz CT molecular complexity index is 1470. The van der Waals surface area contributed by atoms with Gasteiger partial charge in [-0.2, -0.15) is 0 Å². The van der Waals surface area contributed by atoms with Crippen molar-refractivity contribution in [2.45, 2.75) is 141 Å². The Labute approximate surface area is 290 Å². The van der Waals surface area contributed by atoms with Gasteiger partial charge in [-0.3, -0.25) is 9.59 Å². The average molecular weight is 703 g/mol. The van der Waals surface area contributed by atoms with Crippen LogP contribution in [0.25, 0.3) is 0 Å². The normalized spacial score (nSPS) is 38.2. The fourth-order valence-electron chi connectivity index (χ4n) is 9.65. The molecule has 272 valence electrons. The monoisotopic (exact) mass is 702 g/mol. The van der Waals surface area contributed by atoms with Crippen LogP contribution in [0.5, 0.6) is 0 Å². The lowest BCUT2D eigenvalue weighted by Crippen LogP contribution is -2.82. The molecule has 12 heteroatoms.